The molecule has 0 spiro atoms. The molecule has 1 aromatic rings. The summed E-state index contributed by atoms with van der Waals surface area (Å²) in [5.74, 6) is 0.609. The monoisotopic (exact) mass is 244 g/mol. The summed E-state index contributed by atoms with van der Waals surface area (Å²) in [6, 6.07) is 0. The third-order valence-corrected chi connectivity index (χ3v) is 2.46. The Bertz CT molecular complexity index is 335. The fourth-order valence-electron chi connectivity index (χ4n) is 1.37. The molecule has 0 aliphatic carbocycles. The van der Waals surface area contributed by atoms with E-state index in [0.29, 0.717) is 23.2 Å². The molecular formula is C10H17ClN4O. The van der Waals surface area contributed by atoms with Gasteiger partial charge in [-0.05, 0) is 6.42 Å². The smallest absolute Gasteiger partial charge is 0.157 e. The van der Waals surface area contributed by atoms with Crippen molar-refractivity contribution in [2.45, 2.75) is 25.9 Å². The fraction of sp³-hybridized carbons (Fsp3) is 0.600. The second-order valence-corrected chi connectivity index (χ2v) is 3.82. The van der Waals surface area contributed by atoms with E-state index in [1.807, 2.05) is 6.92 Å². The van der Waals surface area contributed by atoms with Gasteiger partial charge in [-0.25, -0.2) is 9.97 Å². The number of nitrogens with one attached hydrogen (secondary N) is 2. The number of anilines is 2. The Labute approximate surface area is 100 Å². The van der Waals surface area contributed by atoms with Crippen LogP contribution in [0.2, 0.25) is 5.15 Å². The minimum absolute atomic E-state index is 0.366. The highest BCUT2D eigenvalue weighted by Gasteiger charge is 2.09. The van der Waals surface area contributed by atoms with Crippen LogP contribution in [0.5, 0.6) is 0 Å². The topological polar surface area (TPSA) is 70.1 Å². The lowest BCUT2D eigenvalue weighted by Crippen LogP contribution is -2.20. The number of aliphatic hydroxyl groups is 1. The number of halogens is 1. The van der Waals surface area contributed by atoms with Crippen molar-refractivity contribution in [3.8, 4) is 0 Å². The van der Waals surface area contributed by atoms with Crippen LogP contribution in [0.15, 0.2) is 6.33 Å². The van der Waals surface area contributed by atoms with E-state index < -0.39 is 0 Å². The average Bonchev–Trinajstić information content (AvgIpc) is 2.27. The Hall–Kier alpha value is -1.07. The number of nitrogens with zero attached hydrogens (tertiary/aromatic N) is 2. The van der Waals surface area contributed by atoms with Gasteiger partial charge in [-0.1, -0.05) is 24.9 Å². The summed E-state index contributed by atoms with van der Waals surface area (Å²) in [6.45, 7) is 2.49. The Balaban J connectivity index is 2.63. The summed E-state index contributed by atoms with van der Waals surface area (Å²) in [6.07, 6.45) is 2.73. The predicted molar refractivity (Wildman–Crippen MR) is 66.0 cm³/mol. The number of aromatic nitrogens is 2. The first kappa shape index (κ1) is 13.0. The molecule has 90 valence electrons. The van der Waals surface area contributed by atoms with Gasteiger partial charge in [-0.2, -0.15) is 0 Å². The molecule has 16 heavy (non-hydrogen) atoms. The lowest BCUT2D eigenvalue weighted by atomic mass is 10.2. The highest BCUT2D eigenvalue weighted by molar-refractivity contribution is 6.32. The van der Waals surface area contributed by atoms with Crippen molar-refractivity contribution in [1.82, 2.24) is 9.97 Å². The Morgan fingerprint density at radius 2 is 2.25 bits per heavy atom. The first-order valence-corrected chi connectivity index (χ1v) is 5.67. The van der Waals surface area contributed by atoms with Gasteiger partial charge in [-0.3, -0.25) is 0 Å². The van der Waals surface area contributed by atoms with Crippen molar-refractivity contribution < 1.29 is 5.11 Å². The lowest BCUT2D eigenvalue weighted by Gasteiger charge is -2.14. The third kappa shape index (κ3) is 3.50. The molecule has 0 aromatic carbocycles. The van der Waals surface area contributed by atoms with E-state index in [4.69, 9.17) is 11.6 Å². The van der Waals surface area contributed by atoms with Gasteiger partial charge in [0.25, 0.3) is 0 Å². The van der Waals surface area contributed by atoms with Crippen LogP contribution in [0.25, 0.3) is 0 Å². The minimum atomic E-state index is -0.372. The van der Waals surface area contributed by atoms with Gasteiger partial charge in [0.05, 0.1) is 6.10 Å². The van der Waals surface area contributed by atoms with Crippen LogP contribution in [-0.2, 0) is 0 Å². The highest BCUT2D eigenvalue weighted by atomic mass is 35.5. The largest absolute Gasteiger partial charge is 0.391 e. The summed E-state index contributed by atoms with van der Waals surface area (Å²) in [5.41, 5.74) is 0.646. The molecule has 0 fully saturated rings. The Morgan fingerprint density at radius 1 is 1.50 bits per heavy atom. The Morgan fingerprint density at radius 3 is 2.88 bits per heavy atom. The van der Waals surface area contributed by atoms with Crippen LogP contribution in [0.1, 0.15) is 19.8 Å². The van der Waals surface area contributed by atoms with Crippen molar-refractivity contribution in [2.24, 2.45) is 0 Å². The van der Waals surface area contributed by atoms with Crippen LogP contribution in [-0.4, -0.2) is 34.8 Å². The van der Waals surface area contributed by atoms with Crippen molar-refractivity contribution in [3.05, 3.63) is 11.5 Å². The summed E-state index contributed by atoms with van der Waals surface area (Å²) in [5, 5.41) is 15.9. The van der Waals surface area contributed by atoms with E-state index in [0.717, 1.165) is 12.8 Å². The van der Waals surface area contributed by atoms with Gasteiger partial charge >= 0.3 is 0 Å². The molecule has 0 saturated carbocycles. The first-order valence-electron chi connectivity index (χ1n) is 5.29. The van der Waals surface area contributed by atoms with Gasteiger partial charge in [0.1, 0.15) is 12.0 Å². The lowest BCUT2D eigenvalue weighted by molar-refractivity contribution is 0.176. The van der Waals surface area contributed by atoms with Crippen LogP contribution in [0.4, 0.5) is 11.5 Å². The van der Waals surface area contributed by atoms with E-state index >= 15 is 0 Å². The SMILES string of the molecule is CCCC(O)CNc1ncnc(Cl)c1NC. The van der Waals surface area contributed by atoms with Gasteiger partial charge in [0.15, 0.2) is 11.0 Å². The van der Waals surface area contributed by atoms with E-state index in [2.05, 4.69) is 20.6 Å². The van der Waals surface area contributed by atoms with E-state index in [-0.39, 0.29) is 6.10 Å². The molecular weight excluding hydrogens is 228 g/mol. The van der Waals surface area contributed by atoms with E-state index in [1.165, 1.54) is 6.33 Å². The molecule has 0 amide bonds. The predicted octanol–water partition coefficient (Wildman–Crippen LogP) is 1.74. The number of hydrogen-bond acceptors (Lipinski definition) is 5. The maximum Gasteiger partial charge on any atom is 0.157 e. The zero-order chi connectivity index (χ0) is 12.0. The van der Waals surface area contributed by atoms with Crippen molar-refractivity contribution >= 4 is 23.1 Å². The molecule has 0 bridgehead atoms. The molecule has 0 radical (unpaired) electrons. The van der Waals surface area contributed by atoms with Crippen LogP contribution >= 0.6 is 11.6 Å². The van der Waals surface area contributed by atoms with Gasteiger partial charge in [0, 0.05) is 13.6 Å². The van der Waals surface area contributed by atoms with Crippen LogP contribution < -0.4 is 10.6 Å². The van der Waals surface area contributed by atoms with E-state index in [1.54, 1.807) is 7.05 Å². The summed E-state index contributed by atoms with van der Waals surface area (Å²) in [4.78, 5) is 7.93. The summed E-state index contributed by atoms with van der Waals surface area (Å²) in [7, 11) is 1.75. The normalized spacial score (nSPS) is 12.2. The average molecular weight is 245 g/mol. The fourth-order valence-corrected chi connectivity index (χ4v) is 1.60. The van der Waals surface area contributed by atoms with Crippen molar-refractivity contribution in [3.63, 3.8) is 0 Å². The maximum atomic E-state index is 9.58. The van der Waals surface area contributed by atoms with Gasteiger partial charge in [-0.15, -0.1) is 0 Å². The standard InChI is InChI=1S/C10H17ClN4O/c1-3-4-7(16)5-13-10-8(12-2)9(11)14-6-15-10/h6-7,12,16H,3-5H2,1-2H3,(H,13,14,15). The molecule has 0 aliphatic rings. The molecule has 1 aromatic heterocycles. The summed E-state index contributed by atoms with van der Waals surface area (Å²) >= 11 is 5.89. The highest BCUT2D eigenvalue weighted by Crippen LogP contribution is 2.25. The van der Waals surface area contributed by atoms with Crippen molar-refractivity contribution in [1.29, 1.82) is 0 Å². The molecule has 5 nitrogen and oxygen atoms in total. The zero-order valence-corrected chi connectivity index (χ0v) is 10.3. The molecule has 1 unspecified atom stereocenters. The molecule has 0 saturated heterocycles. The van der Waals surface area contributed by atoms with Crippen LogP contribution in [0, 0.1) is 0 Å². The quantitative estimate of drug-likeness (QED) is 0.665. The second-order valence-electron chi connectivity index (χ2n) is 3.46. The summed E-state index contributed by atoms with van der Waals surface area (Å²) < 4.78 is 0. The van der Waals surface area contributed by atoms with E-state index in [9.17, 15) is 5.11 Å². The molecule has 1 atom stereocenters. The molecule has 6 heteroatoms. The minimum Gasteiger partial charge on any atom is -0.391 e. The first-order chi connectivity index (χ1) is 7.69. The molecule has 3 N–H and O–H groups in total. The molecule has 0 aliphatic heterocycles. The van der Waals surface area contributed by atoms with Gasteiger partial charge in [0.2, 0.25) is 0 Å². The molecule has 1 rings (SSSR count). The Kier molecular flexibility index (Phi) is 5.28. The number of aliphatic hydroxyl groups excluding tert-OH is 1. The van der Waals surface area contributed by atoms with Crippen LogP contribution in [0.3, 0.4) is 0 Å². The zero-order valence-electron chi connectivity index (χ0n) is 9.50. The molecule has 1 heterocycles. The number of hydrogen-bond donors (Lipinski definition) is 3. The number of rotatable bonds is 6. The van der Waals surface area contributed by atoms with Gasteiger partial charge < -0.3 is 15.7 Å². The third-order valence-electron chi connectivity index (χ3n) is 2.18. The second kappa shape index (κ2) is 6.50. The maximum absolute atomic E-state index is 9.58. The van der Waals surface area contributed by atoms with Crippen molar-refractivity contribution in [2.75, 3.05) is 24.2 Å².